The van der Waals surface area contributed by atoms with Crippen molar-refractivity contribution in [1.82, 2.24) is 0 Å². The first-order valence-corrected chi connectivity index (χ1v) is 13.1. The molecule has 0 radical (unpaired) electrons. The van der Waals surface area contributed by atoms with Crippen molar-refractivity contribution in [2.75, 3.05) is 19.8 Å². The molecule has 0 heterocycles. The van der Waals surface area contributed by atoms with Crippen molar-refractivity contribution >= 4 is 16.1 Å². The molecule has 0 saturated heterocycles. The fourth-order valence-corrected chi connectivity index (χ4v) is 4.52. The fourth-order valence-electron chi connectivity index (χ4n) is 3.90. The molecule has 0 fully saturated rings. The number of rotatable bonds is 18. The molecule has 0 aromatic heterocycles. The molecule has 8 heteroatoms. The van der Waals surface area contributed by atoms with Gasteiger partial charge in [-0.05, 0) is 12.8 Å². The van der Waals surface area contributed by atoms with Crippen LogP contribution in [0.3, 0.4) is 0 Å². The highest BCUT2D eigenvalue weighted by Gasteiger charge is 2.48. The Kier molecular flexibility index (Phi) is 13.3. The van der Waals surface area contributed by atoms with Gasteiger partial charge in [0, 0.05) is 20.3 Å². The van der Waals surface area contributed by atoms with Crippen molar-refractivity contribution in [2.45, 2.75) is 116 Å². The zero-order valence-electron chi connectivity index (χ0n) is 19.8. The van der Waals surface area contributed by atoms with Gasteiger partial charge in [0.05, 0.1) is 26.2 Å². The SMILES string of the molecule is CCCCCCCCCCCCC(CC(O)CS(=O)(=O)O)[N+](C)(C)C(C)(C)C(=O)O. The highest BCUT2D eigenvalue weighted by atomic mass is 32.2. The number of carbonyl (C=O) groups is 1. The predicted octanol–water partition coefficient (Wildman–Crippen LogP) is 4.24. The predicted molar refractivity (Wildman–Crippen MR) is 121 cm³/mol. The van der Waals surface area contributed by atoms with Crippen LogP contribution in [0.15, 0.2) is 0 Å². The molecule has 0 aromatic rings. The molecule has 2 atom stereocenters. The monoisotopic (exact) mass is 452 g/mol. The number of aliphatic carboxylic acids is 1. The molecular formula is C22H46NO6S+. The summed E-state index contributed by atoms with van der Waals surface area (Å²) < 4.78 is 31.4. The molecule has 0 saturated carbocycles. The molecule has 2 unspecified atom stereocenters. The Morgan fingerprint density at radius 1 is 0.933 bits per heavy atom. The van der Waals surface area contributed by atoms with Gasteiger partial charge in [0.25, 0.3) is 10.1 Å². The topological polar surface area (TPSA) is 112 Å². The Labute approximate surface area is 184 Å². The van der Waals surface area contributed by atoms with E-state index in [4.69, 9.17) is 4.55 Å². The lowest BCUT2D eigenvalue weighted by Gasteiger charge is -2.47. The van der Waals surface area contributed by atoms with Gasteiger partial charge in [0.2, 0.25) is 0 Å². The molecule has 0 aliphatic heterocycles. The summed E-state index contributed by atoms with van der Waals surface area (Å²) >= 11 is 0. The number of likely N-dealkylation sites (N-methyl/N-ethyl adjacent to an activating group) is 1. The zero-order valence-corrected chi connectivity index (χ0v) is 20.6. The first-order chi connectivity index (χ1) is 13.8. The minimum atomic E-state index is -4.28. The maximum absolute atomic E-state index is 11.8. The smallest absolute Gasteiger partial charge is 0.365 e. The van der Waals surface area contributed by atoms with Crippen molar-refractivity contribution in [1.29, 1.82) is 0 Å². The quantitative estimate of drug-likeness (QED) is 0.163. The molecule has 180 valence electrons. The van der Waals surface area contributed by atoms with Gasteiger partial charge in [-0.1, -0.05) is 64.7 Å². The maximum atomic E-state index is 11.8. The van der Waals surface area contributed by atoms with Crippen LogP contribution in [0.25, 0.3) is 0 Å². The van der Waals surface area contributed by atoms with Gasteiger partial charge in [-0.25, -0.2) is 4.79 Å². The second kappa shape index (κ2) is 13.7. The summed E-state index contributed by atoms with van der Waals surface area (Å²) in [5, 5.41) is 19.9. The Morgan fingerprint density at radius 2 is 1.37 bits per heavy atom. The van der Waals surface area contributed by atoms with E-state index < -0.39 is 33.5 Å². The van der Waals surface area contributed by atoms with Crippen LogP contribution in [0.1, 0.15) is 97.8 Å². The van der Waals surface area contributed by atoms with Gasteiger partial charge in [-0.3, -0.25) is 4.55 Å². The van der Waals surface area contributed by atoms with Gasteiger partial charge in [-0.2, -0.15) is 8.42 Å². The molecule has 0 rings (SSSR count). The lowest BCUT2D eigenvalue weighted by molar-refractivity contribution is -0.952. The van der Waals surface area contributed by atoms with E-state index in [1.807, 2.05) is 14.1 Å². The number of hydrogen-bond donors (Lipinski definition) is 3. The lowest BCUT2D eigenvalue weighted by atomic mass is 9.91. The minimum absolute atomic E-state index is 0.126. The van der Waals surface area contributed by atoms with E-state index in [1.54, 1.807) is 13.8 Å². The van der Waals surface area contributed by atoms with Crippen LogP contribution in [0, 0.1) is 0 Å². The molecule has 0 aromatic carbocycles. The lowest BCUT2D eigenvalue weighted by Crippen LogP contribution is -2.65. The maximum Gasteiger partial charge on any atom is 0.365 e. The van der Waals surface area contributed by atoms with Gasteiger partial charge < -0.3 is 14.7 Å². The molecule has 0 amide bonds. The van der Waals surface area contributed by atoms with Crippen LogP contribution in [0.5, 0.6) is 0 Å². The third-order valence-corrected chi connectivity index (χ3v) is 7.52. The van der Waals surface area contributed by atoms with Crippen molar-refractivity contribution in [3.8, 4) is 0 Å². The van der Waals surface area contributed by atoms with Gasteiger partial charge >= 0.3 is 5.97 Å². The Balaban J connectivity index is 4.74. The van der Waals surface area contributed by atoms with Crippen LogP contribution in [-0.4, -0.2) is 71.2 Å². The number of carboxylic acids is 1. The number of aliphatic hydroxyl groups excluding tert-OH is 1. The Morgan fingerprint density at radius 3 is 1.77 bits per heavy atom. The summed E-state index contributed by atoms with van der Waals surface area (Å²) in [6, 6.07) is -0.234. The molecule has 0 bridgehead atoms. The van der Waals surface area contributed by atoms with Gasteiger partial charge in [0.15, 0.2) is 5.54 Å². The third-order valence-electron chi connectivity index (χ3n) is 6.72. The first-order valence-electron chi connectivity index (χ1n) is 11.5. The molecule has 0 spiro atoms. The van der Waals surface area contributed by atoms with E-state index in [1.165, 1.54) is 44.9 Å². The van der Waals surface area contributed by atoms with Crippen LogP contribution in [-0.2, 0) is 14.9 Å². The molecule has 0 aliphatic rings. The zero-order chi connectivity index (χ0) is 23.4. The Bertz CT molecular complexity index is 588. The Hall–Kier alpha value is -0.700. The van der Waals surface area contributed by atoms with Crippen molar-refractivity contribution < 1.29 is 32.5 Å². The summed E-state index contributed by atoms with van der Waals surface area (Å²) in [6.45, 7) is 5.51. The van der Waals surface area contributed by atoms with E-state index in [-0.39, 0.29) is 16.9 Å². The summed E-state index contributed by atoms with van der Waals surface area (Å²) in [4.78, 5) is 11.8. The summed E-state index contributed by atoms with van der Waals surface area (Å²) in [5.74, 6) is -1.67. The number of aliphatic hydroxyl groups is 1. The van der Waals surface area contributed by atoms with Gasteiger partial charge in [-0.15, -0.1) is 0 Å². The molecule has 30 heavy (non-hydrogen) atoms. The first kappa shape index (κ1) is 29.3. The van der Waals surface area contributed by atoms with Crippen LogP contribution >= 0.6 is 0 Å². The highest BCUT2D eigenvalue weighted by molar-refractivity contribution is 7.85. The van der Waals surface area contributed by atoms with E-state index in [0.717, 1.165) is 19.3 Å². The third kappa shape index (κ3) is 11.1. The number of nitrogens with zero attached hydrogens (tertiary/aromatic N) is 1. The van der Waals surface area contributed by atoms with Crippen molar-refractivity contribution in [2.24, 2.45) is 0 Å². The summed E-state index contributed by atoms with van der Waals surface area (Å²) in [7, 11) is -0.654. The molecule has 0 aliphatic carbocycles. The summed E-state index contributed by atoms with van der Waals surface area (Å²) in [6.07, 6.45) is 11.6. The average Bonchev–Trinajstić information content (AvgIpc) is 2.60. The summed E-state index contributed by atoms with van der Waals surface area (Å²) in [5.41, 5.74) is -1.10. The second-order valence-corrected chi connectivity index (χ2v) is 11.2. The van der Waals surface area contributed by atoms with Crippen LogP contribution < -0.4 is 0 Å². The average molecular weight is 453 g/mol. The van der Waals surface area contributed by atoms with E-state index >= 15 is 0 Å². The van der Waals surface area contributed by atoms with Crippen molar-refractivity contribution in [3.05, 3.63) is 0 Å². The second-order valence-electron chi connectivity index (χ2n) is 9.67. The van der Waals surface area contributed by atoms with Crippen molar-refractivity contribution in [3.63, 3.8) is 0 Å². The van der Waals surface area contributed by atoms with E-state index in [9.17, 15) is 23.4 Å². The molecule has 3 N–H and O–H groups in total. The standard InChI is InChI=1S/C22H45NO6S/c1-6-7-8-9-10-11-12-13-14-15-16-19(17-20(24)18-30(27,28)29)23(4,5)22(2,3)21(25)26/h19-20,24H,6-18H2,1-5H3,(H-,25,26,27,28,29)/p+1. The molecular weight excluding hydrogens is 406 g/mol. The number of quaternary nitrogens is 1. The van der Waals surface area contributed by atoms with Crippen LogP contribution in [0.2, 0.25) is 0 Å². The van der Waals surface area contributed by atoms with Gasteiger partial charge in [0.1, 0.15) is 5.75 Å². The van der Waals surface area contributed by atoms with Crippen LogP contribution in [0.4, 0.5) is 0 Å². The number of hydrogen-bond acceptors (Lipinski definition) is 4. The highest BCUT2D eigenvalue weighted by Crippen LogP contribution is 2.30. The number of unbranched alkanes of at least 4 members (excludes halogenated alkanes) is 9. The number of carboxylic acid groups (broad SMARTS) is 1. The van der Waals surface area contributed by atoms with E-state index in [2.05, 4.69) is 6.92 Å². The van der Waals surface area contributed by atoms with E-state index in [0.29, 0.717) is 6.42 Å². The largest absolute Gasteiger partial charge is 0.477 e. The fraction of sp³-hybridized carbons (Fsp3) is 0.955. The minimum Gasteiger partial charge on any atom is -0.477 e. The normalized spacial score (nSPS) is 15.2. The molecule has 7 nitrogen and oxygen atoms in total.